The number of H-pyrrole nitrogens is 1. The average molecular weight is 375 g/mol. The maximum Gasteiger partial charge on any atom is 0.342 e. The van der Waals surface area contributed by atoms with E-state index in [1.54, 1.807) is 6.92 Å². The van der Waals surface area contributed by atoms with Gasteiger partial charge in [-0.05, 0) is 43.0 Å². The Balaban J connectivity index is 2.33. The molecule has 1 aromatic carbocycles. The summed E-state index contributed by atoms with van der Waals surface area (Å²) >= 11 is 0. The summed E-state index contributed by atoms with van der Waals surface area (Å²) in [6.45, 7) is 3.01. The molecule has 5 N–H and O–H groups in total. The van der Waals surface area contributed by atoms with Crippen LogP contribution in [-0.4, -0.2) is 40.2 Å². The van der Waals surface area contributed by atoms with E-state index in [0.29, 0.717) is 24.3 Å². The summed E-state index contributed by atoms with van der Waals surface area (Å²) in [7, 11) is 0. The molecule has 0 spiro atoms. The molecule has 142 valence electrons. The van der Waals surface area contributed by atoms with Crippen molar-refractivity contribution in [3.8, 4) is 11.1 Å². The molecule has 1 saturated heterocycles. The molecular formula is C18H18FN3O5. The maximum absolute atomic E-state index is 14.8. The minimum atomic E-state index is -1.63. The summed E-state index contributed by atoms with van der Waals surface area (Å²) in [5.74, 6) is -4.26. The number of carboxylic acids is 2. The molecule has 0 atom stereocenters. The number of halogens is 1. The Kier molecular flexibility index (Phi) is 4.61. The summed E-state index contributed by atoms with van der Waals surface area (Å²) in [5.41, 5.74) is 3.59. The van der Waals surface area contributed by atoms with Gasteiger partial charge in [-0.1, -0.05) is 0 Å². The quantitative estimate of drug-likeness (QED) is 0.642. The van der Waals surface area contributed by atoms with E-state index in [1.807, 2.05) is 9.88 Å². The number of benzene rings is 1. The predicted octanol–water partition coefficient (Wildman–Crippen LogP) is 2.07. The molecular weight excluding hydrogens is 357 g/mol. The van der Waals surface area contributed by atoms with Gasteiger partial charge in [0.2, 0.25) is 0 Å². The number of pyridine rings is 1. The zero-order valence-electron chi connectivity index (χ0n) is 14.5. The van der Waals surface area contributed by atoms with Crippen molar-refractivity contribution in [3.05, 3.63) is 45.0 Å². The van der Waals surface area contributed by atoms with E-state index < -0.39 is 45.8 Å². The third-order valence-electron chi connectivity index (χ3n) is 4.68. The number of nitrogens with two attached hydrogens (primary N) is 1. The van der Waals surface area contributed by atoms with Crippen LogP contribution in [0, 0.1) is 12.7 Å². The molecule has 2 aromatic rings. The first kappa shape index (κ1) is 18.4. The Morgan fingerprint density at radius 1 is 1.15 bits per heavy atom. The van der Waals surface area contributed by atoms with Gasteiger partial charge in [0.05, 0.1) is 5.69 Å². The lowest BCUT2D eigenvalue weighted by molar-refractivity contribution is 0.0695. The molecule has 8 nitrogen and oxygen atoms in total. The minimum Gasteiger partial charge on any atom is -0.478 e. The SMILES string of the molecule is Cc1cc(N2CCCC2)c(F)cc1-c1c(C(=O)O)c(N)[nH]c(=O)c1C(=O)O. The van der Waals surface area contributed by atoms with Gasteiger partial charge >= 0.3 is 11.9 Å². The standard InChI is InChI=1S/C18H18FN3O5/c1-8-6-11(22-4-2-3-5-22)10(19)7-9(8)12-13(17(24)25)15(20)21-16(23)14(12)18(26)27/h6-7H,2-5H2,1H3,(H,24,25)(H,26,27)(H3,20,21,23). The fourth-order valence-electron chi connectivity index (χ4n) is 3.45. The highest BCUT2D eigenvalue weighted by Crippen LogP contribution is 2.35. The molecule has 0 radical (unpaired) electrons. The molecule has 9 heteroatoms. The first-order chi connectivity index (χ1) is 12.7. The Labute approximate surface area is 153 Å². The molecule has 1 aliphatic rings. The molecule has 0 unspecified atom stereocenters. The second kappa shape index (κ2) is 6.75. The zero-order chi connectivity index (χ0) is 19.9. The van der Waals surface area contributed by atoms with Crippen molar-refractivity contribution in [2.45, 2.75) is 19.8 Å². The lowest BCUT2D eigenvalue weighted by Gasteiger charge is -2.21. The smallest absolute Gasteiger partial charge is 0.342 e. The van der Waals surface area contributed by atoms with Crippen molar-refractivity contribution in [1.29, 1.82) is 0 Å². The van der Waals surface area contributed by atoms with Crippen LogP contribution in [0.25, 0.3) is 11.1 Å². The summed E-state index contributed by atoms with van der Waals surface area (Å²) in [4.78, 5) is 39.3. The van der Waals surface area contributed by atoms with Gasteiger partial charge < -0.3 is 25.8 Å². The lowest BCUT2D eigenvalue weighted by Crippen LogP contribution is -2.24. The van der Waals surface area contributed by atoms with Crippen LogP contribution in [-0.2, 0) is 0 Å². The monoisotopic (exact) mass is 375 g/mol. The Morgan fingerprint density at radius 3 is 2.30 bits per heavy atom. The normalized spacial score (nSPS) is 13.8. The number of nitrogens with one attached hydrogen (secondary N) is 1. The van der Waals surface area contributed by atoms with Crippen molar-refractivity contribution in [3.63, 3.8) is 0 Å². The number of anilines is 2. The molecule has 0 saturated carbocycles. The van der Waals surface area contributed by atoms with Gasteiger partial charge in [-0.25, -0.2) is 14.0 Å². The number of hydrogen-bond acceptors (Lipinski definition) is 5. The largest absolute Gasteiger partial charge is 0.478 e. The van der Waals surface area contributed by atoms with Crippen molar-refractivity contribution in [1.82, 2.24) is 4.98 Å². The van der Waals surface area contributed by atoms with E-state index in [-0.39, 0.29) is 5.56 Å². The second-order valence-electron chi connectivity index (χ2n) is 6.42. The van der Waals surface area contributed by atoms with Gasteiger partial charge in [0.25, 0.3) is 5.56 Å². The molecule has 0 bridgehead atoms. The van der Waals surface area contributed by atoms with Crippen molar-refractivity contribution in [2.24, 2.45) is 0 Å². The van der Waals surface area contributed by atoms with Crippen molar-refractivity contribution in [2.75, 3.05) is 23.7 Å². The van der Waals surface area contributed by atoms with E-state index in [4.69, 9.17) is 5.73 Å². The van der Waals surface area contributed by atoms with Crippen LogP contribution in [0.4, 0.5) is 15.9 Å². The first-order valence-corrected chi connectivity index (χ1v) is 8.30. The number of hydrogen-bond donors (Lipinski definition) is 4. The van der Waals surface area contributed by atoms with Crippen LogP contribution in [0.3, 0.4) is 0 Å². The lowest BCUT2D eigenvalue weighted by atomic mass is 9.92. The summed E-state index contributed by atoms with van der Waals surface area (Å²) in [6.07, 6.45) is 1.88. The third kappa shape index (κ3) is 3.12. The predicted molar refractivity (Wildman–Crippen MR) is 97.0 cm³/mol. The number of aromatic nitrogens is 1. The number of carbonyl (C=O) groups is 2. The zero-order valence-corrected chi connectivity index (χ0v) is 14.5. The Bertz CT molecular complexity index is 1010. The van der Waals surface area contributed by atoms with Crippen LogP contribution in [0.15, 0.2) is 16.9 Å². The van der Waals surface area contributed by atoms with Gasteiger partial charge in [0, 0.05) is 18.7 Å². The van der Waals surface area contributed by atoms with Crippen LogP contribution in [0.1, 0.15) is 39.1 Å². The molecule has 1 aromatic heterocycles. The Hall–Kier alpha value is -3.36. The molecule has 27 heavy (non-hydrogen) atoms. The fourth-order valence-corrected chi connectivity index (χ4v) is 3.45. The van der Waals surface area contributed by atoms with Crippen LogP contribution < -0.4 is 16.2 Å². The van der Waals surface area contributed by atoms with Gasteiger partial charge in [-0.15, -0.1) is 0 Å². The van der Waals surface area contributed by atoms with Crippen molar-refractivity contribution < 1.29 is 24.2 Å². The maximum atomic E-state index is 14.8. The minimum absolute atomic E-state index is 0.00282. The second-order valence-corrected chi connectivity index (χ2v) is 6.42. The molecule has 3 rings (SSSR count). The number of carboxylic acid groups (broad SMARTS) is 2. The van der Waals surface area contributed by atoms with Crippen LogP contribution in [0.2, 0.25) is 0 Å². The van der Waals surface area contributed by atoms with E-state index in [0.717, 1.165) is 18.9 Å². The molecule has 1 aliphatic heterocycles. The summed E-state index contributed by atoms with van der Waals surface area (Å²) < 4.78 is 14.8. The van der Waals surface area contributed by atoms with Gasteiger partial charge in [0.1, 0.15) is 22.8 Å². The van der Waals surface area contributed by atoms with Gasteiger partial charge in [0.15, 0.2) is 0 Å². The summed E-state index contributed by atoms with van der Waals surface area (Å²) in [5, 5.41) is 18.9. The number of aromatic carboxylic acids is 2. The molecule has 0 aliphatic carbocycles. The highest BCUT2D eigenvalue weighted by Gasteiger charge is 2.28. The highest BCUT2D eigenvalue weighted by atomic mass is 19.1. The molecule has 0 amide bonds. The molecule has 2 heterocycles. The van der Waals surface area contributed by atoms with E-state index in [2.05, 4.69) is 0 Å². The number of rotatable bonds is 4. The van der Waals surface area contributed by atoms with E-state index in [9.17, 15) is 29.0 Å². The average Bonchev–Trinajstić information content (AvgIpc) is 3.09. The third-order valence-corrected chi connectivity index (χ3v) is 4.68. The van der Waals surface area contributed by atoms with Gasteiger partial charge in [-0.3, -0.25) is 4.79 Å². The van der Waals surface area contributed by atoms with Crippen molar-refractivity contribution >= 4 is 23.4 Å². The summed E-state index contributed by atoms with van der Waals surface area (Å²) in [6, 6.07) is 2.60. The number of aryl methyl sites for hydroxylation is 1. The van der Waals surface area contributed by atoms with Crippen LogP contribution >= 0.6 is 0 Å². The topological polar surface area (TPSA) is 137 Å². The Morgan fingerprint density at radius 2 is 1.74 bits per heavy atom. The van der Waals surface area contributed by atoms with Gasteiger partial charge in [-0.2, -0.15) is 0 Å². The fraction of sp³-hybridized carbons (Fsp3) is 0.278. The highest BCUT2D eigenvalue weighted by molar-refractivity contribution is 6.07. The van der Waals surface area contributed by atoms with E-state index in [1.165, 1.54) is 6.07 Å². The molecule has 1 fully saturated rings. The first-order valence-electron chi connectivity index (χ1n) is 8.30. The number of nitrogen functional groups attached to an aromatic ring is 1. The number of nitrogens with zero attached hydrogens (tertiary/aromatic N) is 1. The van der Waals surface area contributed by atoms with Crippen LogP contribution in [0.5, 0.6) is 0 Å². The van der Waals surface area contributed by atoms with E-state index >= 15 is 0 Å². The number of aromatic amines is 1.